The first-order chi connectivity index (χ1) is 8.06. The summed E-state index contributed by atoms with van der Waals surface area (Å²) in [5.41, 5.74) is 0.923. The van der Waals surface area contributed by atoms with E-state index in [1.807, 2.05) is 37.4 Å². The van der Waals surface area contributed by atoms with Gasteiger partial charge in [-0.2, -0.15) is 0 Å². The molecule has 0 saturated carbocycles. The van der Waals surface area contributed by atoms with E-state index in [0.29, 0.717) is 0 Å². The van der Waals surface area contributed by atoms with E-state index in [2.05, 4.69) is 10.6 Å². The van der Waals surface area contributed by atoms with Crippen LogP contribution in [0.4, 0.5) is 10.5 Å². The maximum absolute atomic E-state index is 11.7. The number of nitrogens with zero attached hydrogens (tertiary/aromatic N) is 1. The van der Waals surface area contributed by atoms with Crippen molar-refractivity contribution in [3.8, 4) is 0 Å². The highest BCUT2D eigenvalue weighted by Crippen LogP contribution is 2.13. The number of urea groups is 1. The molecule has 0 heterocycles. The summed E-state index contributed by atoms with van der Waals surface area (Å²) in [4.78, 5) is 24.5. The van der Waals surface area contributed by atoms with Gasteiger partial charge < -0.3 is 10.2 Å². The molecule has 1 aromatic carbocycles. The molecule has 1 rings (SSSR count). The minimum atomic E-state index is -0.497. The van der Waals surface area contributed by atoms with Gasteiger partial charge in [-0.3, -0.25) is 10.1 Å². The Morgan fingerprint density at radius 2 is 1.82 bits per heavy atom. The third-order valence-corrected chi connectivity index (χ3v) is 2.59. The first-order valence-corrected chi connectivity index (χ1v) is 5.36. The van der Waals surface area contributed by atoms with Gasteiger partial charge in [0, 0.05) is 19.8 Å². The maximum Gasteiger partial charge on any atom is 0.321 e. The van der Waals surface area contributed by atoms with Crippen molar-refractivity contribution in [1.82, 2.24) is 10.6 Å². The molecule has 0 aliphatic rings. The monoisotopic (exact) mass is 235 g/mol. The second-order valence-electron chi connectivity index (χ2n) is 3.69. The average molecular weight is 235 g/mol. The molecule has 5 nitrogen and oxygen atoms in total. The highest BCUT2D eigenvalue weighted by atomic mass is 16.2. The standard InChI is InChI=1S/C12H17N3O2/c1-9(11(16)14-12(17)13-2)15(3)10-7-5-4-6-8-10/h4-9H,1-3H3,(H2,13,14,16,17). The lowest BCUT2D eigenvalue weighted by atomic mass is 10.2. The highest BCUT2D eigenvalue weighted by Gasteiger charge is 2.19. The molecule has 0 radical (unpaired) electrons. The van der Waals surface area contributed by atoms with Gasteiger partial charge in [-0.1, -0.05) is 18.2 Å². The van der Waals surface area contributed by atoms with E-state index < -0.39 is 12.1 Å². The van der Waals surface area contributed by atoms with Crippen LogP contribution in [0.5, 0.6) is 0 Å². The Balaban J connectivity index is 2.67. The summed E-state index contributed by atoms with van der Waals surface area (Å²) < 4.78 is 0. The van der Waals surface area contributed by atoms with Crippen molar-refractivity contribution in [2.24, 2.45) is 0 Å². The number of nitrogens with one attached hydrogen (secondary N) is 2. The van der Waals surface area contributed by atoms with Crippen LogP contribution < -0.4 is 15.5 Å². The minimum absolute atomic E-state index is 0.337. The number of hydrogen-bond donors (Lipinski definition) is 2. The SMILES string of the molecule is CNC(=O)NC(=O)C(C)N(C)c1ccccc1. The van der Waals surface area contributed by atoms with Crippen molar-refractivity contribution in [3.63, 3.8) is 0 Å². The predicted octanol–water partition coefficient (Wildman–Crippen LogP) is 0.967. The first-order valence-electron chi connectivity index (χ1n) is 5.36. The summed E-state index contributed by atoms with van der Waals surface area (Å²) >= 11 is 0. The fourth-order valence-corrected chi connectivity index (χ4v) is 1.34. The van der Waals surface area contributed by atoms with Gasteiger partial charge in [0.2, 0.25) is 5.91 Å². The molecular formula is C12H17N3O2. The number of hydrogen-bond acceptors (Lipinski definition) is 3. The normalized spacial score (nSPS) is 11.5. The number of amides is 3. The Kier molecular flexibility index (Phi) is 4.51. The van der Waals surface area contributed by atoms with E-state index in [9.17, 15) is 9.59 Å². The lowest BCUT2D eigenvalue weighted by molar-refractivity contribution is -0.120. The molecule has 1 atom stereocenters. The highest BCUT2D eigenvalue weighted by molar-refractivity contribution is 5.98. The Labute approximate surface area is 101 Å². The van der Waals surface area contributed by atoms with Crippen LogP contribution in [-0.2, 0) is 4.79 Å². The van der Waals surface area contributed by atoms with Crippen molar-refractivity contribution in [2.75, 3.05) is 19.0 Å². The topological polar surface area (TPSA) is 61.4 Å². The fourth-order valence-electron chi connectivity index (χ4n) is 1.34. The van der Waals surface area contributed by atoms with E-state index >= 15 is 0 Å². The quantitative estimate of drug-likeness (QED) is 0.820. The second-order valence-corrected chi connectivity index (χ2v) is 3.69. The number of carbonyl (C=O) groups excluding carboxylic acids is 2. The molecule has 0 aliphatic heterocycles. The molecule has 0 aromatic heterocycles. The molecule has 0 aliphatic carbocycles. The fraction of sp³-hybridized carbons (Fsp3) is 0.333. The molecule has 0 fully saturated rings. The van der Waals surface area contributed by atoms with Crippen molar-refractivity contribution in [3.05, 3.63) is 30.3 Å². The van der Waals surface area contributed by atoms with Gasteiger partial charge in [0.05, 0.1) is 0 Å². The number of para-hydroxylation sites is 1. The van der Waals surface area contributed by atoms with Crippen LogP contribution in [0.1, 0.15) is 6.92 Å². The number of anilines is 1. The van der Waals surface area contributed by atoms with Crippen molar-refractivity contribution >= 4 is 17.6 Å². The van der Waals surface area contributed by atoms with Crippen LogP contribution in [0.25, 0.3) is 0 Å². The second kappa shape index (κ2) is 5.89. The lowest BCUT2D eigenvalue weighted by Crippen LogP contribution is -2.48. The van der Waals surface area contributed by atoms with Crippen LogP contribution >= 0.6 is 0 Å². The molecule has 0 spiro atoms. The van der Waals surface area contributed by atoms with Crippen molar-refractivity contribution in [1.29, 1.82) is 0 Å². The van der Waals surface area contributed by atoms with E-state index in [0.717, 1.165) is 5.69 Å². The largest absolute Gasteiger partial charge is 0.363 e. The number of benzene rings is 1. The predicted molar refractivity (Wildman–Crippen MR) is 66.9 cm³/mol. The lowest BCUT2D eigenvalue weighted by Gasteiger charge is -2.25. The zero-order valence-electron chi connectivity index (χ0n) is 10.2. The minimum Gasteiger partial charge on any atom is -0.363 e. The van der Waals surface area contributed by atoms with Gasteiger partial charge in [-0.05, 0) is 19.1 Å². The first kappa shape index (κ1) is 13.0. The van der Waals surface area contributed by atoms with Gasteiger partial charge in [0.25, 0.3) is 0 Å². The summed E-state index contributed by atoms with van der Waals surface area (Å²) in [5, 5.41) is 4.59. The molecule has 92 valence electrons. The summed E-state index contributed by atoms with van der Waals surface area (Å²) in [6.45, 7) is 1.74. The molecule has 0 bridgehead atoms. The van der Waals surface area contributed by atoms with E-state index in [4.69, 9.17) is 0 Å². The Morgan fingerprint density at radius 1 is 1.24 bits per heavy atom. The maximum atomic E-state index is 11.7. The Morgan fingerprint density at radius 3 is 2.35 bits per heavy atom. The summed E-state index contributed by atoms with van der Waals surface area (Å²) in [6.07, 6.45) is 0. The van der Waals surface area contributed by atoms with Gasteiger partial charge >= 0.3 is 6.03 Å². The zero-order chi connectivity index (χ0) is 12.8. The zero-order valence-corrected chi connectivity index (χ0v) is 10.2. The van der Waals surface area contributed by atoms with E-state index in [-0.39, 0.29) is 5.91 Å². The van der Waals surface area contributed by atoms with Crippen LogP contribution in [0, 0.1) is 0 Å². The third kappa shape index (κ3) is 3.48. The number of carbonyl (C=O) groups is 2. The van der Waals surface area contributed by atoms with Crippen LogP contribution in [0.2, 0.25) is 0 Å². The average Bonchev–Trinajstić information content (AvgIpc) is 2.37. The molecule has 0 saturated heterocycles. The number of imide groups is 1. The van der Waals surface area contributed by atoms with Gasteiger partial charge in [-0.15, -0.1) is 0 Å². The van der Waals surface area contributed by atoms with Crippen LogP contribution in [0.3, 0.4) is 0 Å². The van der Waals surface area contributed by atoms with E-state index in [1.165, 1.54) is 7.05 Å². The van der Waals surface area contributed by atoms with Crippen molar-refractivity contribution < 1.29 is 9.59 Å². The molecular weight excluding hydrogens is 218 g/mol. The van der Waals surface area contributed by atoms with Crippen LogP contribution in [0.15, 0.2) is 30.3 Å². The Bertz CT molecular complexity index is 392. The van der Waals surface area contributed by atoms with Gasteiger partial charge in [0.1, 0.15) is 6.04 Å². The molecule has 2 N–H and O–H groups in total. The Hall–Kier alpha value is -2.04. The molecule has 1 unspecified atom stereocenters. The van der Waals surface area contributed by atoms with Gasteiger partial charge in [-0.25, -0.2) is 4.79 Å². The van der Waals surface area contributed by atoms with Gasteiger partial charge in [0.15, 0.2) is 0 Å². The third-order valence-electron chi connectivity index (χ3n) is 2.59. The van der Waals surface area contributed by atoms with E-state index in [1.54, 1.807) is 11.8 Å². The van der Waals surface area contributed by atoms with Crippen molar-refractivity contribution in [2.45, 2.75) is 13.0 Å². The number of likely N-dealkylation sites (N-methyl/N-ethyl adjacent to an activating group) is 1. The molecule has 1 aromatic rings. The molecule has 5 heteroatoms. The molecule has 3 amide bonds. The number of rotatable bonds is 3. The smallest absolute Gasteiger partial charge is 0.321 e. The summed E-state index contributed by atoms with van der Waals surface area (Å²) in [6, 6.07) is 8.60. The summed E-state index contributed by atoms with van der Waals surface area (Å²) in [5.74, 6) is -0.337. The van der Waals surface area contributed by atoms with Crippen LogP contribution in [-0.4, -0.2) is 32.1 Å². The molecule has 17 heavy (non-hydrogen) atoms. The summed E-state index contributed by atoms with van der Waals surface area (Å²) in [7, 11) is 3.28.